The lowest BCUT2D eigenvalue weighted by molar-refractivity contribution is 0.0693. The number of benzene rings is 2. The molecule has 106 valence electrons. The molecule has 0 aliphatic heterocycles. The van der Waals surface area contributed by atoms with Gasteiger partial charge in [-0.2, -0.15) is 5.26 Å². The number of halogens is 1. The number of ether oxygens (including phenoxy) is 1. The lowest BCUT2D eigenvalue weighted by Gasteiger charge is -2.11. The number of nitrogens with two attached hydrogens (primary N) is 1. The highest BCUT2D eigenvalue weighted by Crippen LogP contribution is 2.25. The number of rotatable bonds is 4. The van der Waals surface area contributed by atoms with Crippen molar-refractivity contribution in [2.45, 2.75) is 6.61 Å². The van der Waals surface area contributed by atoms with E-state index in [1.807, 2.05) is 6.07 Å². The van der Waals surface area contributed by atoms with Crippen molar-refractivity contribution in [3.8, 4) is 11.8 Å². The number of nitrogens with zero attached hydrogens (tertiary/aromatic N) is 1. The fraction of sp³-hybridized carbons (Fsp3) is 0.0667. The van der Waals surface area contributed by atoms with Crippen molar-refractivity contribution >= 4 is 11.7 Å². The summed E-state index contributed by atoms with van der Waals surface area (Å²) < 4.78 is 19.0. The molecule has 0 aromatic heterocycles. The first-order chi connectivity index (χ1) is 10.0. The molecule has 0 fully saturated rings. The van der Waals surface area contributed by atoms with E-state index in [2.05, 4.69) is 0 Å². The lowest BCUT2D eigenvalue weighted by Crippen LogP contribution is -2.07. The van der Waals surface area contributed by atoms with E-state index in [4.69, 9.17) is 20.8 Å². The number of nitriles is 1. The van der Waals surface area contributed by atoms with E-state index in [1.54, 1.807) is 6.07 Å². The molecular formula is C15H11FN2O3. The third-order valence-corrected chi connectivity index (χ3v) is 2.83. The second-order valence-corrected chi connectivity index (χ2v) is 4.23. The van der Waals surface area contributed by atoms with E-state index in [0.29, 0.717) is 5.56 Å². The summed E-state index contributed by atoms with van der Waals surface area (Å²) in [5.41, 5.74) is 5.93. The highest BCUT2D eigenvalue weighted by atomic mass is 19.1. The molecule has 21 heavy (non-hydrogen) atoms. The highest BCUT2D eigenvalue weighted by molar-refractivity contribution is 5.96. The zero-order valence-corrected chi connectivity index (χ0v) is 10.8. The van der Waals surface area contributed by atoms with Gasteiger partial charge >= 0.3 is 5.97 Å². The van der Waals surface area contributed by atoms with Crippen LogP contribution >= 0.6 is 0 Å². The van der Waals surface area contributed by atoms with E-state index in [0.717, 1.165) is 6.07 Å². The summed E-state index contributed by atoms with van der Waals surface area (Å²) in [7, 11) is 0. The SMILES string of the molecule is N#Cc1ccc(F)c(COc2cccc(N)c2C(=O)O)c1. The standard InChI is InChI=1S/C15H11FN2O3/c16-11-5-4-9(7-17)6-10(11)8-21-13-3-1-2-12(18)14(13)15(19)20/h1-6H,8,18H2,(H,19,20). The topological polar surface area (TPSA) is 96.3 Å². The first kappa shape index (κ1) is 14.3. The molecular weight excluding hydrogens is 275 g/mol. The molecule has 2 aromatic carbocycles. The zero-order valence-electron chi connectivity index (χ0n) is 10.8. The minimum atomic E-state index is -1.23. The Morgan fingerprint density at radius 3 is 2.81 bits per heavy atom. The number of carboxylic acid groups (broad SMARTS) is 1. The Morgan fingerprint density at radius 1 is 1.38 bits per heavy atom. The maximum atomic E-state index is 13.6. The van der Waals surface area contributed by atoms with Crippen molar-refractivity contribution in [1.29, 1.82) is 5.26 Å². The third-order valence-electron chi connectivity index (χ3n) is 2.83. The van der Waals surface area contributed by atoms with Crippen LogP contribution in [0.15, 0.2) is 36.4 Å². The van der Waals surface area contributed by atoms with Crippen LogP contribution in [0.3, 0.4) is 0 Å². The Labute approximate surface area is 120 Å². The normalized spacial score (nSPS) is 9.90. The number of carbonyl (C=O) groups is 1. The fourth-order valence-corrected chi connectivity index (χ4v) is 1.81. The molecule has 0 radical (unpaired) electrons. The van der Waals surface area contributed by atoms with Crippen molar-refractivity contribution in [2.75, 3.05) is 5.73 Å². The molecule has 2 aromatic rings. The Bertz CT molecular complexity index is 738. The maximum Gasteiger partial charge on any atom is 0.341 e. The first-order valence-electron chi connectivity index (χ1n) is 5.96. The van der Waals surface area contributed by atoms with Gasteiger partial charge in [-0.1, -0.05) is 6.07 Å². The Balaban J connectivity index is 2.27. The van der Waals surface area contributed by atoms with Crippen molar-refractivity contribution in [1.82, 2.24) is 0 Å². The average Bonchev–Trinajstić information content (AvgIpc) is 2.46. The van der Waals surface area contributed by atoms with Gasteiger partial charge in [-0.25, -0.2) is 9.18 Å². The molecule has 0 bridgehead atoms. The van der Waals surface area contributed by atoms with Gasteiger partial charge in [0.05, 0.1) is 11.6 Å². The Kier molecular flexibility index (Phi) is 4.05. The summed E-state index contributed by atoms with van der Waals surface area (Å²) >= 11 is 0. The number of anilines is 1. The minimum Gasteiger partial charge on any atom is -0.488 e. The molecule has 3 N–H and O–H groups in total. The maximum absolute atomic E-state index is 13.6. The number of nitrogen functional groups attached to an aromatic ring is 1. The largest absolute Gasteiger partial charge is 0.488 e. The average molecular weight is 286 g/mol. The summed E-state index contributed by atoms with van der Waals surface area (Å²) in [6.07, 6.45) is 0. The van der Waals surface area contributed by atoms with Gasteiger partial charge in [0.2, 0.25) is 0 Å². The van der Waals surface area contributed by atoms with Gasteiger partial charge in [-0.05, 0) is 30.3 Å². The second-order valence-electron chi connectivity index (χ2n) is 4.23. The number of hydrogen-bond donors (Lipinski definition) is 2. The van der Waals surface area contributed by atoms with Crippen molar-refractivity contribution in [3.63, 3.8) is 0 Å². The predicted octanol–water partition coefficient (Wildman–Crippen LogP) is 2.56. The van der Waals surface area contributed by atoms with E-state index in [-0.39, 0.29) is 29.2 Å². The monoisotopic (exact) mass is 286 g/mol. The predicted molar refractivity (Wildman–Crippen MR) is 73.3 cm³/mol. The van der Waals surface area contributed by atoms with Crippen LogP contribution in [0.5, 0.6) is 5.75 Å². The van der Waals surface area contributed by atoms with Crippen LogP contribution in [0.2, 0.25) is 0 Å². The number of carboxylic acids is 1. The Hall–Kier alpha value is -3.07. The number of hydrogen-bond acceptors (Lipinski definition) is 4. The van der Waals surface area contributed by atoms with Crippen LogP contribution in [0.25, 0.3) is 0 Å². The molecule has 5 nitrogen and oxygen atoms in total. The second kappa shape index (κ2) is 5.92. The molecule has 0 spiro atoms. The zero-order chi connectivity index (χ0) is 15.4. The van der Waals surface area contributed by atoms with E-state index >= 15 is 0 Å². The highest BCUT2D eigenvalue weighted by Gasteiger charge is 2.15. The van der Waals surface area contributed by atoms with Crippen LogP contribution in [0.4, 0.5) is 10.1 Å². The molecule has 0 amide bonds. The van der Waals surface area contributed by atoms with Crippen molar-refractivity contribution in [3.05, 3.63) is 58.9 Å². The summed E-state index contributed by atoms with van der Waals surface area (Å²) in [5, 5.41) is 17.9. The van der Waals surface area contributed by atoms with Gasteiger partial charge in [0.1, 0.15) is 23.7 Å². The molecule has 0 saturated carbocycles. The van der Waals surface area contributed by atoms with Crippen LogP contribution in [-0.2, 0) is 6.61 Å². The lowest BCUT2D eigenvalue weighted by atomic mass is 10.1. The van der Waals surface area contributed by atoms with Gasteiger partial charge < -0.3 is 15.6 Å². The van der Waals surface area contributed by atoms with Gasteiger partial charge in [0.25, 0.3) is 0 Å². The van der Waals surface area contributed by atoms with E-state index < -0.39 is 11.8 Å². The van der Waals surface area contributed by atoms with Crippen molar-refractivity contribution < 1.29 is 19.0 Å². The molecule has 6 heteroatoms. The third kappa shape index (κ3) is 3.09. The van der Waals surface area contributed by atoms with Crippen molar-refractivity contribution in [2.24, 2.45) is 0 Å². The fourth-order valence-electron chi connectivity index (χ4n) is 1.81. The molecule has 0 unspecified atom stereocenters. The van der Waals surface area contributed by atoms with Gasteiger partial charge in [0.15, 0.2) is 0 Å². The quantitative estimate of drug-likeness (QED) is 0.842. The van der Waals surface area contributed by atoms with Crippen LogP contribution in [0, 0.1) is 17.1 Å². The summed E-state index contributed by atoms with van der Waals surface area (Å²) in [6.45, 7) is -0.203. The summed E-state index contributed by atoms with van der Waals surface area (Å²) in [5.74, 6) is -1.71. The smallest absolute Gasteiger partial charge is 0.341 e. The first-order valence-corrected chi connectivity index (χ1v) is 5.96. The molecule has 0 aliphatic rings. The molecule has 0 aliphatic carbocycles. The van der Waals surface area contributed by atoms with Crippen LogP contribution < -0.4 is 10.5 Å². The molecule has 0 atom stereocenters. The molecule has 2 rings (SSSR count). The van der Waals surface area contributed by atoms with Crippen LogP contribution in [-0.4, -0.2) is 11.1 Å². The van der Waals surface area contributed by atoms with E-state index in [9.17, 15) is 9.18 Å². The number of aromatic carboxylic acids is 1. The van der Waals surface area contributed by atoms with Gasteiger partial charge in [-0.3, -0.25) is 0 Å². The molecule has 0 heterocycles. The van der Waals surface area contributed by atoms with Gasteiger partial charge in [0, 0.05) is 11.3 Å². The molecule has 0 saturated heterocycles. The minimum absolute atomic E-state index is 0.0456. The Morgan fingerprint density at radius 2 is 2.14 bits per heavy atom. The summed E-state index contributed by atoms with van der Waals surface area (Å²) in [4.78, 5) is 11.1. The van der Waals surface area contributed by atoms with E-state index in [1.165, 1.54) is 24.3 Å². The van der Waals surface area contributed by atoms with Crippen LogP contribution in [0.1, 0.15) is 21.5 Å². The van der Waals surface area contributed by atoms with Gasteiger partial charge in [-0.15, -0.1) is 0 Å². The summed E-state index contributed by atoms with van der Waals surface area (Å²) in [6, 6.07) is 10.2.